The lowest BCUT2D eigenvalue weighted by molar-refractivity contribution is -0.141. The molecule has 2 saturated heterocycles. The lowest BCUT2D eigenvalue weighted by atomic mass is 9.57. The van der Waals surface area contributed by atoms with Crippen molar-refractivity contribution in [3.8, 4) is 11.5 Å². The summed E-state index contributed by atoms with van der Waals surface area (Å²) < 4.78 is 5.21. The summed E-state index contributed by atoms with van der Waals surface area (Å²) in [6, 6.07) is 4.71. The Balaban J connectivity index is 1.51. The molecule has 5 rings (SSSR count). The number of methoxy groups -OCH3 is 1. The molecular weight excluding hydrogens is 667 g/mol. The number of amides is 4. The van der Waals surface area contributed by atoms with Crippen LogP contribution in [0.3, 0.4) is 0 Å². The number of rotatable bonds is 10. The van der Waals surface area contributed by atoms with E-state index in [0.29, 0.717) is 30.4 Å². The number of fused-ring (bicyclic) bond motifs is 4. The molecule has 2 aliphatic carbocycles. The van der Waals surface area contributed by atoms with Gasteiger partial charge < -0.3 is 14.9 Å². The van der Waals surface area contributed by atoms with E-state index >= 15 is 0 Å². The monoisotopic (exact) mass is 696 g/mol. The Morgan fingerprint density at radius 2 is 1.84 bits per heavy atom. The van der Waals surface area contributed by atoms with Crippen LogP contribution in [-0.2, 0) is 24.0 Å². The summed E-state index contributed by atoms with van der Waals surface area (Å²) in [7, 11) is 1.42. The number of phenolic OH excluding ortho intramolecular Hbond substituents is 1. The second-order valence-electron chi connectivity index (χ2n) is 11.4. The van der Waals surface area contributed by atoms with E-state index in [1.165, 1.54) is 18.1 Å². The van der Waals surface area contributed by atoms with Crippen LogP contribution in [0.1, 0.15) is 44.1 Å². The number of likely N-dealkylation sites (tertiary alicyclic amines) is 2. The molecule has 2 N–H and O–H groups in total. The number of allylic oxidation sites excluding steroid dienone is 3. The molecule has 1 aromatic rings. The Morgan fingerprint density at radius 1 is 1.09 bits per heavy atom. The van der Waals surface area contributed by atoms with Gasteiger partial charge in [-0.05, 0) is 49.3 Å². The Morgan fingerprint density at radius 3 is 2.51 bits per heavy atom. The first-order valence-electron chi connectivity index (χ1n) is 14.0. The number of unbranched alkanes of at least 4 members (excludes halogenated alkanes) is 2. The number of alkyl halides is 3. The first-order valence-corrected chi connectivity index (χ1v) is 15.9. The molecule has 6 unspecified atom stereocenters. The van der Waals surface area contributed by atoms with E-state index in [1.807, 2.05) is 6.08 Å². The number of hydrogen-bond acceptors (Lipinski definition) is 7. The number of halogens is 3. The van der Waals surface area contributed by atoms with Crippen molar-refractivity contribution in [2.45, 2.75) is 48.3 Å². The molecule has 0 bridgehead atoms. The lowest BCUT2D eigenvalue weighted by Gasteiger charge is -2.49. The predicted octanol–water partition coefficient (Wildman–Crippen LogP) is 4.30. The standard InChI is InChI=1S/C30H31BrCl2N2O8/c1-43-22-13-16(7-11-21(22)36)6-10-20-17-8-9-18-24(26(40)34(25(18)39)12-4-2-3-5-23(37)38)19(17)14-29(32)27(41)35(15-31)28(42)30(20,29)33/h6-8,10-11,13,18-20,24,36H,2-5,9,12,14-15H2,1H3,(H,37,38). The number of benzene rings is 1. The van der Waals surface area contributed by atoms with Gasteiger partial charge in [-0.25, -0.2) is 0 Å². The molecule has 1 aromatic carbocycles. The number of nitrogens with zero attached hydrogens (tertiary/aromatic N) is 2. The Labute approximate surface area is 266 Å². The first kappa shape index (κ1) is 31.5. The van der Waals surface area contributed by atoms with Crippen LogP contribution in [0, 0.1) is 23.7 Å². The largest absolute Gasteiger partial charge is 0.504 e. The number of carboxylic acid groups (broad SMARTS) is 1. The van der Waals surface area contributed by atoms with Crippen LogP contribution >= 0.6 is 39.1 Å². The van der Waals surface area contributed by atoms with Crippen molar-refractivity contribution in [2.75, 3.05) is 19.1 Å². The summed E-state index contributed by atoms with van der Waals surface area (Å²) in [5, 5.41) is 18.9. The second-order valence-corrected chi connectivity index (χ2v) is 13.1. The molecule has 4 amide bonds. The minimum Gasteiger partial charge on any atom is -0.504 e. The number of aliphatic carboxylic acids is 1. The number of aromatic hydroxyl groups is 1. The summed E-state index contributed by atoms with van der Waals surface area (Å²) in [6.45, 7) is 0.179. The molecule has 13 heteroatoms. The van der Waals surface area contributed by atoms with E-state index in [4.69, 9.17) is 33.0 Å². The van der Waals surface area contributed by atoms with Gasteiger partial charge in [0.1, 0.15) is 0 Å². The molecule has 2 heterocycles. The molecule has 0 aromatic heterocycles. The number of ether oxygens (including phenoxy) is 1. The maximum absolute atomic E-state index is 13.8. The number of carboxylic acids is 1. The zero-order valence-electron chi connectivity index (χ0n) is 23.3. The Bertz CT molecular complexity index is 1450. The van der Waals surface area contributed by atoms with Gasteiger partial charge in [0.25, 0.3) is 11.8 Å². The maximum Gasteiger partial charge on any atom is 0.303 e. The van der Waals surface area contributed by atoms with Crippen molar-refractivity contribution in [2.24, 2.45) is 23.7 Å². The quantitative estimate of drug-likeness (QED) is 0.121. The highest BCUT2D eigenvalue weighted by Crippen LogP contribution is 2.63. The number of hydrogen-bond donors (Lipinski definition) is 2. The van der Waals surface area contributed by atoms with Crippen LogP contribution < -0.4 is 4.74 Å². The van der Waals surface area contributed by atoms with Gasteiger partial charge in [-0.1, -0.05) is 52.2 Å². The van der Waals surface area contributed by atoms with Crippen LogP contribution in [0.5, 0.6) is 11.5 Å². The zero-order valence-corrected chi connectivity index (χ0v) is 26.4. The van der Waals surface area contributed by atoms with Crippen LogP contribution in [-0.4, -0.2) is 78.5 Å². The maximum atomic E-state index is 13.8. The second kappa shape index (κ2) is 11.9. The van der Waals surface area contributed by atoms with Crippen LogP contribution in [0.25, 0.3) is 6.08 Å². The van der Waals surface area contributed by atoms with Gasteiger partial charge in [0, 0.05) is 18.9 Å². The molecule has 1 saturated carbocycles. The van der Waals surface area contributed by atoms with Gasteiger partial charge in [0.05, 0.1) is 24.4 Å². The SMILES string of the molecule is COc1cc(C=CC2C3=CCC4C(=O)N(CCCCCC(=O)O)C(=O)C4C3CC3(Cl)C(=O)N(CBr)C(=O)C23Cl)ccc1O. The molecule has 0 radical (unpaired) electrons. The molecule has 6 atom stereocenters. The number of imide groups is 2. The van der Waals surface area contributed by atoms with Gasteiger partial charge in [-0.2, -0.15) is 0 Å². The number of phenols is 1. The van der Waals surface area contributed by atoms with E-state index in [0.717, 1.165) is 4.90 Å². The summed E-state index contributed by atoms with van der Waals surface area (Å²) in [5.41, 5.74) is 1.19. The fourth-order valence-electron chi connectivity index (χ4n) is 7.02. The van der Waals surface area contributed by atoms with Gasteiger partial charge in [0.15, 0.2) is 21.2 Å². The van der Waals surface area contributed by atoms with E-state index in [1.54, 1.807) is 24.3 Å². The molecular formula is C30H31BrCl2N2O8. The highest BCUT2D eigenvalue weighted by atomic mass is 79.9. The molecule has 10 nitrogen and oxygen atoms in total. The van der Waals surface area contributed by atoms with Crippen LogP contribution in [0.2, 0.25) is 0 Å². The van der Waals surface area contributed by atoms with E-state index in [9.17, 15) is 29.1 Å². The fourth-order valence-corrected chi connectivity index (χ4v) is 8.40. The summed E-state index contributed by atoms with van der Waals surface area (Å²) >= 11 is 17.5. The third kappa shape index (κ3) is 4.97. The summed E-state index contributed by atoms with van der Waals surface area (Å²) in [4.78, 5) is 63.9. The minimum absolute atomic E-state index is 0.0183. The van der Waals surface area contributed by atoms with E-state index < -0.39 is 51.2 Å². The van der Waals surface area contributed by atoms with Gasteiger partial charge in [0.2, 0.25) is 11.8 Å². The lowest BCUT2D eigenvalue weighted by Crippen LogP contribution is -2.60. The fraction of sp³-hybridized carbons (Fsp3) is 0.500. The Kier molecular flexibility index (Phi) is 8.72. The molecule has 4 aliphatic rings. The predicted molar refractivity (Wildman–Crippen MR) is 161 cm³/mol. The van der Waals surface area contributed by atoms with Crippen molar-refractivity contribution >= 4 is 74.8 Å². The topological polar surface area (TPSA) is 142 Å². The molecule has 3 fully saturated rings. The van der Waals surface area contributed by atoms with Crippen molar-refractivity contribution < 1.29 is 38.9 Å². The number of carbonyl (C=O) groups is 5. The smallest absolute Gasteiger partial charge is 0.303 e. The highest BCUT2D eigenvalue weighted by molar-refractivity contribution is 9.09. The molecule has 0 spiro atoms. The van der Waals surface area contributed by atoms with Crippen molar-refractivity contribution in [1.29, 1.82) is 0 Å². The molecule has 43 heavy (non-hydrogen) atoms. The van der Waals surface area contributed by atoms with Crippen LogP contribution in [0.4, 0.5) is 0 Å². The van der Waals surface area contributed by atoms with Gasteiger partial charge in [-0.15, -0.1) is 23.2 Å². The van der Waals surface area contributed by atoms with E-state index in [2.05, 4.69) is 15.9 Å². The highest BCUT2D eigenvalue weighted by Gasteiger charge is 2.75. The molecule has 230 valence electrons. The number of carbonyl (C=O) groups excluding carboxylic acids is 4. The average molecular weight is 698 g/mol. The normalized spacial score (nSPS) is 31.8. The third-order valence-corrected chi connectivity index (χ3v) is 11.1. The first-order chi connectivity index (χ1) is 20.4. The van der Waals surface area contributed by atoms with Crippen molar-refractivity contribution in [3.63, 3.8) is 0 Å². The van der Waals surface area contributed by atoms with Gasteiger partial charge in [-0.3, -0.25) is 33.8 Å². The van der Waals surface area contributed by atoms with Crippen molar-refractivity contribution in [1.82, 2.24) is 9.80 Å². The minimum atomic E-state index is -1.89. The summed E-state index contributed by atoms with van der Waals surface area (Å²) in [6.07, 6.45) is 6.91. The van der Waals surface area contributed by atoms with E-state index in [-0.39, 0.29) is 54.6 Å². The van der Waals surface area contributed by atoms with Crippen LogP contribution in [0.15, 0.2) is 35.9 Å². The van der Waals surface area contributed by atoms with Gasteiger partial charge >= 0.3 is 5.97 Å². The third-order valence-electron chi connectivity index (χ3n) is 9.12. The Hall–Kier alpha value is -2.89. The average Bonchev–Trinajstić information content (AvgIpc) is 3.30. The zero-order chi connectivity index (χ0) is 31.3. The molecule has 2 aliphatic heterocycles. The summed E-state index contributed by atoms with van der Waals surface area (Å²) in [5.74, 6) is -5.58. The van der Waals surface area contributed by atoms with Crippen molar-refractivity contribution in [3.05, 3.63) is 41.5 Å².